The van der Waals surface area contributed by atoms with Crippen LogP contribution in [0.1, 0.15) is 31.7 Å². The number of carbonyl (C=O) groups excluding carboxylic acids is 1. The Morgan fingerprint density at radius 3 is 2.88 bits per heavy atom. The van der Waals surface area contributed by atoms with Gasteiger partial charge in [-0.15, -0.1) is 0 Å². The molecule has 0 aliphatic carbocycles. The molecule has 1 aromatic carbocycles. The molecule has 7 heteroatoms. The molecule has 5 nitrogen and oxygen atoms in total. The van der Waals surface area contributed by atoms with Crippen LogP contribution in [0, 0.1) is 6.92 Å². The molecule has 0 bridgehead atoms. The van der Waals surface area contributed by atoms with E-state index >= 15 is 0 Å². The fourth-order valence-corrected chi connectivity index (χ4v) is 7.07. The summed E-state index contributed by atoms with van der Waals surface area (Å²) in [4.78, 5) is 18.4. The van der Waals surface area contributed by atoms with E-state index in [-0.39, 0.29) is 28.7 Å². The number of thioether (sulfide) groups is 1. The molecule has 2 atom stereocenters. The summed E-state index contributed by atoms with van der Waals surface area (Å²) in [5.74, 6) is 0.160. The zero-order chi connectivity index (χ0) is 17.3. The average molecular weight is 367 g/mol. The van der Waals surface area contributed by atoms with Crippen LogP contribution in [-0.4, -0.2) is 42.3 Å². The number of unbranched alkanes of at least 4 members (excludes halogenated alkanes) is 1. The number of aliphatic imine (C=N–C) groups is 1. The third-order valence-corrected chi connectivity index (χ3v) is 7.52. The largest absolute Gasteiger partial charge is 0.316 e. The van der Waals surface area contributed by atoms with Gasteiger partial charge in [-0.1, -0.05) is 37.2 Å². The number of amides is 1. The van der Waals surface area contributed by atoms with Crippen LogP contribution in [0.3, 0.4) is 0 Å². The van der Waals surface area contributed by atoms with Gasteiger partial charge in [0.1, 0.15) is 0 Å². The van der Waals surface area contributed by atoms with Crippen molar-refractivity contribution in [2.45, 2.75) is 44.4 Å². The molecule has 2 fully saturated rings. The van der Waals surface area contributed by atoms with Crippen LogP contribution in [0.25, 0.3) is 0 Å². The number of anilines is 1. The van der Waals surface area contributed by atoms with Gasteiger partial charge < -0.3 is 4.90 Å². The lowest BCUT2D eigenvalue weighted by Crippen LogP contribution is -2.37. The third-order valence-electron chi connectivity index (χ3n) is 4.31. The lowest BCUT2D eigenvalue weighted by molar-refractivity contribution is -0.117. The molecule has 3 rings (SSSR count). The first kappa shape index (κ1) is 17.5. The first-order valence-corrected chi connectivity index (χ1v) is 10.9. The van der Waals surface area contributed by atoms with Gasteiger partial charge in [0.15, 0.2) is 15.0 Å². The Bertz CT molecular complexity index is 774. The Kier molecular flexibility index (Phi) is 5.01. The highest BCUT2D eigenvalue weighted by molar-refractivity contribution is 8.16. The number of nitrogens with zero attached hydrogens (tertiary/aromatic N) is 2. The Hall–Kier alpha value is -1.34. The molecular weight excluding hydrogens is 344 g/mol. The van der Waals surface area contributed by atoms with Crippen molar-refractivity contribution in [3.8, 4) is 0 Å². The van der Waals surface area contributed by atoms with Crippen molar-refractivity contribution in [1.82, 2.24) is 0 Å². The molecule has 0 N–H and O–H groups in total. The highest BCUT2D eigenvalue weighted by Crippen LogP contribution is 2.41. The van der Waals surface area contributed by atoms with Crippen LogP contribution >= 0.6 is 11.8 Å². The summed E-state index contributed by atoms with van der Waals surface area (Å²) >= 11 is 1.43. The highest BCUT2D eigenvalue weighted by Gasteiger charge is 2.49. The minimum Gasteiger partial charge on any atom is -0.316 e. The molecule has 0 radical (unpaired) electrons. The predicted molar refractivity (Wildman–Crippen MR) is 99.4 cm³/mol. The van der Waals surface area contributed by atoms with E-state index in [1.807, 2.05) is 43.0 Å². The summed E-state index contributed by atoms with van der Waals surface area (Å²) in [7, 11) is -3.03. The fourth-order valence-electron chi connectivity index (χ4n) is 3.13. The Morgan fingerprint density at radius 2 is 2.17 bits per heavy atom. The number of rotatable bonds is 4. The number of sulfone groups is 1. The molecule has 24 heavy (non-hydrogen) atoms. The highest BCUT2D eigenvalue weighted by atomic mass is 32.2. The van der Waals surface area contributed by atoms with Gasteiger partial charge in [-0.25, -0.2) is 8.42 Å². The van der Waals surface area contributed by atoms with Gasteiger partial charge in [0.25, 0.3) is 0 Å². The summed E-state index contributed by atoms with van der Waals surface area (Å²) in [5, 5.41) is 0.597. The van der Waals surface area contributed by atoms with E-state index in [0.29, 0.717) is 11.6 Å². The SMILES string of the molecule is CCCCC(=O)N=C1S[C@H]2CS(=O)(=O)C[C@@H]2N1c1cccc(C)c1. The number of carbonyl (C=O) groups is 1. The molecule has 1 aromatic rings. The number of hydrogen-bond acceptors (Lipinski definition) is 4. The Morgan fingerprint density at radius 1 is 1.38 bits per heavy atom. The van der Waals surface area contributed by atoms with Crippen LogP contribution in [0.15, 0.2) is 29.3 Å². The normalized spacial score (nSPS) is 26.8. The molecule has 0 spiro atoms. The lowest BCUT2D eigenvalue weighted by atomic mass is 10.1. The maximum atomic E-state index is 12.1. The van der Waals surface area contributed by atoms with Crippen LogP contribution in [0.5, 0.6) is 0 Å². The Labute approximate surface area is 147 Å². The first-order chi connectivity index (χ1) is 11.4. The predicted octanol–water partition coefficient (Wildman–Crippen LogP) is 2.79. The smallest absolute Gasteiger partial charge is 0.248 e. The molecular formula is C17H22N2O3S2. The molecule has 0 aromatic heterocycles. The number of fused-ring (bicyclic) bond motifs is 1. The molecule has 1 amide bonds. The number of benzene rings is 1. The van der Waals surface area contributed by atoms with Crippen LogP contribution in [0.4, 0.5) is 5.69 Å². The van der Waals surface area contributed by atoms with Crippen molar-refractivity contribution in [1.29, 1.82) is 0 Å². The molecule has 0 saturated carbocycles. The van der Waals surface area contributed by atoms with Crippen molar-refractivity contribution >= 4 is 38.4 Å². The second-order valence-corrected chi connectivity index (χ2v) is 9.76. The van der Waals surface area contributed by atoms with E-state index in [2.05, 4.69) is 4.99 Å². The van der Waals surface area contributed by atoms with Crippen LogP contribution < -0.4 is 4.90 Å². The van der Waals surface area contributed by atoms with Gasteiger partial charge in [0.2, 0.25) is 5.91 Å². The van der Waals surface area contributed by atoms with E-state index < -0.39 is 9.84 Å². The van der Waals surface area contributed by atoms with E-state index in [0.717, 1.165) is 24.1 Å². The number of aryl methyl sites for hydroxylation is 1. The number of amidine groups is 1. The standard InChI is InChI=1S/C17H22N2O3S2/c1-3-4-8-16(20)18-17-19(13-7-5-6-12(2)9-13)14-10-24(21,22)11-15(14)23-17/h5-7,9,14-15H,3-4,8,10-11H2,1-2H3/t14-,15-/m0/s1. The average Bonchev–Trinajstić information content (AvgIpc) is 2.96. The van der Waals surface area contributed by atoms with Crippen molar-refractivity contribution < 1.29 is 13.2 Å². The van der Waals surface area contributed by atoms with Crippen molar-refractivity contribution in [3.63, 3.8) is 0 Å². The van der Waals surface area contributed by atoms with E-state index in [4.69, 9.17) is 0 Å². The van der Waals surface area contributed by atoms with Crippen molar-refractivity contribution in [2.75, 3.05) is 16.4 Å². The zero-order valence-corrected chi connectivity index (χ0v) is 15.6. The quantitative estimate of drug-likeness (QED) is 0.820. The summed E-state index contributed by atoms with van der Waals surface area (Å²) in [6, 6.07) is 7.77. The van der Waals surface area contributed by atoms with E-state index in [1.54, 1.807) is 0 Å². The van der Waals surface area contributed by atoms with Gasteiger partial charge >= 0.3 is 0 Å². The van der Waals surface area contributed by atoms with Gasteiger partial charge in [-0.3, -0.25) is 4.79 Å². The number of hydrogen-bond donors (Lipinski definition) is 0. The maximum absolute atomic E-state index is 12.1. The van der Waals surface area contributed by atoms with Gasteiger partial charge in [0.05, 0.1) is 17.5 Å². The second kappa shape index (κ2) is 6.88. The minimum absolute atomic E-state index is 0.0479. The minimum atomic E-state index is -3.03. The molecule has 2 heterocycles. The summed E-state index contributed by atoms with van der Waals surface area (Å²) in [6.07, 6.45) is 2.22. The van der Waals surface area contributed by atoms with Gasteiger partial charge in [-0.2, -0.15) is 4.99 Å². The molecule has 130 valence electrons. The second-order valence-electron chi connectivity index (χ2n) is 6.40. The van der Waals surface area contributed by atoms with Crippen molar-refractivity contribution in [3.05, 3.63) is 29.8 Å². The molecule has 2 saturated heterocycles. The molecule has 0 unspecified atom stereocenters. The Balaban J connectivity index is 1.94. The topological polar surface area (TPSA) is 66.8 Å². The van der Waals surface area contributed by atoms with E-state index in [9.17, 15) is 13.2 Å². The van der Waals surface area contributed by atoms with Crippen molar-refractivity contribution in [2.24, 2.45) is 4.99 Å². The molecule has 2 aliphatic heterocycles. The van der Waals surface area contributed by atoms with Crippen LogP contribution in [-0.2, 0) is 14.6 Å². The maximum Gasteiger partial charge on any atom is 0.248 e. The zero-order valence-electron chi connectivity index (χ0n) is 13.9. The summed E-state index contributed by atoms with van der Waals surface area (Å²) in [5.41, 5.74) is 2.01. The summed E-state index contributed by atoms with van der Waals surface area (Å²) in [6.45, 7) is 4.04. The van der Waals surface area contributed by atoms with Gasteiger partial charge in [-0.05, 0) is 31.0 Å². The lowest BCUT2D eigenvalue weighted by Gasteiger charge is -2.24. The van der Waals surface area contributed by atoms with Gasteiger partial charge in [0, 0.05) is 17.4 Å². The monoisotopic (exact) mass is 366 g/mol. The first-order valence-electron chi connectivity index (χ1n) is 8.24. The summed E-state index contributed by atoms with van der Waals surface area (Å²) < 4.78 is 24.0. The van der Waals surface area contributed by atoms with E-state index in [1.165, 1.54) is 11.8 Å². The fraction of sp³-hybridized carbons (Fsp3) is 0.529. The molecule has 2 aliphatic rings. The third kappa shape index (κ3) is 3.67. The van der Waals surface area contributed by atoms with Crippen LogP contribution in [0.2, 0.25) is 0 Å².